The minimum absolute atomic E-state index is 0.130. The highest BCUT2D eigenvalue weighted by Crippen LogP contribution is 2.48. The van der Waals surface area contributed by atoms with E-state index in [0.29, 0.717) is 24.4 Å². The van der Waals surface area contributed by atoms with Gasteiger partial charge in [-0.1, -0.05) is 0 Å². The molecule has 19 heavy (non-hydrogen) atoms. The van der Waals surface area contributed by atoms with Gasteiger partial charge in [-0.25, -0.2) is 0 Å². The molecule has 1 atom stereocenters. The average Bonchev–Trinajstić information content (AvgIpc) is 3.29. The fraction of sp³-hybridized carbons (Fsp3) is 0.867. The zero-order valence-corrected chi connectivity index (χ0v) is 11.4. The van der Waals surface area contributed by atoms with Crippen LogP contribution in [-0.4, -0.2) is 46.8 Å². The van der Waals surface area contributed by atoms with Crippen molar-refractivity contribution in [2.24, 2.45) is 11.8 Å². The Morgan fingerprint density at radius 3 is 2.26 bits per heavy atom. The monoisotopic (exact) mass is 262 g/mol. The van der Waals surface area contributed by atoms with Crippen molar-refractivity contribution >= 4 is 11.8 Å². The minimum atomic E-state index is -0.130. The average molecular weight is 262 g/mol. The van der Waals surface area contributed by atoms with Crippen molar-refractivity contribution in [2.45, 2.75) is 57.0 Å². The SMILES string of the molecule is O=C1CN(C(C2CC2)C2CC2)C(=O)C2CCCCN12. The smallest absolute Gasteiger partial charge is 0.246 e. The maximum absolute atomic E-state index is 12.7. The molecule has 104 valence electrons. The van der Waals surface area contributed by atoms with Crippen molar-refractivity contribution in [3.63, 3.8) is 0 Å². The summed E-state index contributed by atoms with van der Waals surface area (Å²) in [5, 5.41) is 0. The fourth-order valence-electron chi connectivity index (χ4n) is 4.01. The Bertz CT molecular complexity index is 402. The van der Waals surface area contributed by atoms with Crippen LogP contribution in [0.5, 0.6) is 0 Å². The molecule has 4 aliphatic rings. The Hall–Kier alpha value is -1.06. The van der Waals surface area contributed by atoms with Crippen molar-refractivity contribution in [3.8, 4) is 0 Å². The summed E-state index contributed by atoms with van der Waals surface area (Å²) in [5.41, 5.74) is 0. The van der Waals surface area contributed by atoms with Crippen LogP contribution in [0.1, 0.15) is 44.9 Å². The molecule has 0 aromatic heterocycles. The normalized spacial score (nSPS) is 31.9. The molecule has 0 aromatic carbocycles. The Labute approximate surface area is 114 Å². The number of carbonyl (C=O) groups is 2. The summed E-state index contributed by atoms with van der Waals surface area (Å²) in [6.07, 6.45) is 8.06. The standard InChI is InChI=1S/C15H22N2O2/c18-13-9-17(14(10-4-5-10)11-6-7-11)15(19)12-3-1-2-8-16(12)13/h10-12,14H,1-9H2. The van der Waals surface area contributed by atoms with Gasteiger partial charge in [-0.05, 0) is 56.8 Å². The van der Waals surface area contributed by atoms with E-state index in [1.54, 1.807) is 0 Å². The number of piperazine rings is 1. The van der Waals surface area contributed by atoms with Crippen molar-refractivity contribution in [2.75, 3.05) is 13.1 Å². The summed E-state index contributed by atoms with van der Waals surface area (Å²) in [5.74, 6) is 1.83. The number of carbonyl (C=O) groups excluding carboxylic acids is 2. The molecular formula is C15H22N2O2. The topological polar surface area (TPSA) is 40.6 Å². The highest BCUT2D eigenvalue weighted by molar-refractivity contribution is 5.95. The molecule has 2 heterocycles. The van der Waals surface area contributed by atoms with Crippen molar-refractivity contribution in [1.82, 2.24) is 9.80 Å². The van der Waals surface area contributed by atoms with Gasteiger partial charge in [0.25, 0.3) is 0 Å². The first kappa shape index (κ1) is 11.7. The quantitative estimate of drug-likeness (QED) is 0.771. The fourth-order valence-corrected chi connectivity index (χ4v) is 4.01. The molecule has 0 N–H and O–H groups in total. The van der Waals surface area contributed by atoms with Gasteiger partial charge in [0.2, 0.25) is 11.8 Å². The van der Waals surface area contributed by atoms with Crippen LogP contribution < -0.4 is 0 Å². The van der Waals surface area contributed by atoms with Gasteiger partial charge in [0.15, 0.2) is 0 Å². The molecule has 0 spiro atoms. The number of hydrogen-bond donors (Lipinski definition) is 0. The van der Waals surface area contributed by atoms with Crippen LogP contribution in [0.25, 0.3) is 0 Å². The zero-order valence-electron chi connectivity index (χ0n) is 11.4. The molecule has 2 saturated carbocycles. The lowest BCUT2D eigenvalue weighted by Gasteiger charge is -2.45. The van der Waals surface area contributed by atoms with Crippen molar-refractivity contribution < 1.29 is 9.59 Å². The third-order valence-corrected chi connectivity index (χ3v) is 5.27. The highest BCUT2D eigenvalue weighted by atomic mass is 16.2. The predicted molar refractivity (Wildman–Crippen MR) is 70.3 cm³/mol. The van der Waals surface area contributed by atoms with E-state index in [9.17, 15) is 9.59 Å². The van der Waals surface area contributed by atoms with Gasteiger partial charge in [0, 0.05) is 12.6 Å². The number of piperidine rings is 1. The first-order valence-electron chi connectivity index (χ1n) is 7.85. The minimum Gasteiger partial charge on any atom is -0.329 e. The summed E-state index contributed by atoms with van der Waals surface area (Å²) < 4.78 is 0. The number of amides is 2. The Morgan fingerprint density at radius 2 is 1.63 bits per heavy atom. The molecule has 1 unspecified atom stereocenters. The third-order valence-electron chi connectivity index (χ3n) is 5.27. The molecule has 4 nitrogen and oxygen atoms in total. The molecule has 2 saturated heterocycles. The summed E-state index contributed by atoms with van der Waals surface area (Å²) >= 11 is 0. The van der Waals surface area contributed by atoms with E-state index in [4.69, 9.17) is 0 Å². The van der Waals surface area contributed by atoms with Gasteiger partial charge in [0.1, 0.15) is 12.6 Å². The van der Waals surface area contributed by atoms with Crippen molar-refractivity contribution in [3.05, 3.63) is 0 Å². The molecule has 4 rings (SSSR count). The Morgan fingerprint density at radius 1 is 0.947 bits per heavy atom. The van der Waals surface area contributed by atoms with E-state index in [0.717, 1.165) is 25.8 Å². The van der Waals surface area contributed by atoms with E-state index in [-0.39, 0.29) is 17.9 Å². The number of fused-ring (bicyclic) bond motifs is 1. The van der Waals surface area contributed by atoms with Gasteiger partial charge >= 0.3 is 0 Å². The summed E-state index contributed by atoms with van der Waals surface area (Å²) in [6, 6.07) is 0.260. The summed E-state index contributed by atoms with van der Waals surface area (Å²) in [7, 11) is 0. The highest BCUT2D eigenvalue weighted by Gasteiger charge is 2.50. The first-order valence-corrected chi connectivity index (χ1v) is 7.85. The van der Waals surface area contributed by atoms with Crippen LogP contribution in [0.2, 0.25) is 0 Å². The second-order valence-corrected chi connectivity index (χ2v) is 6.73. The molecule has 2 aliphatic heterocycles. The Balaban J connectivity index is 1.58. The van der Waals surface area contributed by atoms with Crippen LogP contribution in [0, 0.1) is 11.8 Å². The second kappa shape index (κ2) is 4.22. The molecular weight excluding hydrogens is 240 g/mol. The lowest BCUT2D eigenvalue weighted by molar-refractivity contribution is -0.161. The molecule has 0 bridgehead atoms. The maximum Gasteiger partial charge on any atom is 0.246 e. The van der Waals surface area contributed by atoms with Crippen LogP contribution >= 0.6 is 0 Å². The third kappa shape index (κ3) is 1.96. The molecule has 2 amide bonds. The zero-order chi connectivity index (χ0) is 13.0. The lowest BCUT2D eigenvalue weighted by atomic mass is 9.95. The molecule has 0 radical (unpaired) electrons. The van der Waals surface area contributed by atoms with E-state index in [2.05, 4.69) is 0 Å². The molecule has 4 fully saturated rings. The number of rotatable bonds is 3. The van der Waals surface area contributed by atoms with Gasteiger partial charge in [-0.3, -0.25) is 9.59 Å². The Kier molecular flexibility index (Phi) is 2.61. The van der Waals surface area contributed by atoms with Crippen LogP contribution in [0.15, 0.2) is 0 Å². The molecule has 4 heteroatoms. The largest absolute Gasteiger partial charge is 0.329 e. The lowest BCUT2D eigenvalue weighted by Crippen LogP contribution is -2.63. The maximum atomic E-state index is 12.7. The predicted octanol–water partition coefficient (Wildman–Crippen LogP) is 1.40. The van der Waals surface area contributed by atoms with E-state index in [1.165, 1.54) is 25.7 Å². The van der Waals surface area contributed by atoms with Crippen LogP contribution in [0.4, 0.5) is 0 Å². The summed E-state index contributed by atoms with van der Waals surface area (Å²) in [4.78, 5) is 28.9. The van der Waals surface area contributed by atoms with Gasteiger partial charge in [0.05, 0.1) is 0 Å². The van der Waals surface area contributed by atoms with Crippen LogP contribution in [-0.2, 0) is 9.59 Å². The van der Waals surface area contributed by atoms with E-state index >= 15 is 0 Å². The van der Waals surface area contributed by atoms with Gasteiger partial charge < -0.3 is 9.80 Å². The second-order valence-electron chi connectivity index (χ2n) is 6.73. The molecule has 2 aliphatic carbocycles. The summed E-state index contributed by atoms with van der Waals surface area (Å²) in [6.45, 7) is 1.15. The van der Waals surface area contributed by atoms with E-state index in [1.807, 2.05) is 9.80 Å². The number of nitrogens with zero attached hydrogens (tertiary/aromatic N) is 2. The molecule has 0 aromatic rings. The van der Waals surface area contributed by atoms with Gasteiger partial charge in [-0.2, -0.15) is 0 Å². The van der Waals surface area contributed by atoms with E-state index < -0.39 is 0 Å². The van der Waals surface area contributed by atoms with Gasteiger partial charge in [-0.15, -0.1) is 0 Å². The van der Waals surface area contributed by atoms with Crippen LogP contribution in [0.3, 0.4) is 0 Å². The first-order chi connectivity index (χ1) is 9.25. The number of hydrogen-bond acceptors (Lipinski definition) is 2. The van der Waals surface area contributed by atoms with Crippen molar-refractivity contribution in [1.29, 1.82) is 0 Å².